The van der Waals surface area contributed by atoms with Crippen LogP contribution in [0.1, 0.15) is 58.0 Å². The first-order valence-corrected chi connectivity index (χ1v) is 14.7. The molecule has 2 aromatic rings. The van der Waals surface area contributed by atoms with Crippen molar-refractivity contribution >= 4 is 11.8 Å². The van der Waals surface area contributed by atoms with E-state index in [2.05, 4.69) is 16.3 Å². The molecule has 6 rings (SSSR count). The SMILES string of the molecule is Cc1cc2c(c(O)c1C)[C@@H]1C3Cc4c(O)c(C)c5c(c4[C@H](CNC(=O)[C@@H](C)NC(=O)C(F)(F)F)N3[C@@H](C#N)[C@H](C2)N1C)OCO5. The molecule has 0 saturated carbocycles. The number of amides is 2. The molecule has 2 amide bonds. The van der Waals surface area contributed by atoms with Crippen LogP contribution in [-0.2, 0) is 22.4 Å². The van der Waals surface area contributed by atoms with E-state index in [9.17, 15) is 38.2 Å². The van der Waals surface area contributed by atoms with Crippen LogP contribution < -0.4 is 20.1 Å². The monoisotopic (exact) mass is 629 g/mol. The van der Waals surface area contributed by atoms with Crippen molar-refractivity contribution in [2.24, 2.45) is 0 Å². The molecule has 240 valence electrons. The van der Waals surface area contributed by atoms with Gasteiger partial charge in [-0.1, -0.05) is 6.07 Å². The highest BCUT2D eigenvalue weighted by atomic mass is 19.4. The van der Waals surface area contributed by atoms with Gasteiger partial charge < -0.3 is 30.3 Å². The van der Waals surface area contributed by atoms with Crippen LogP contribution in [0.25, 0.3) is 0 Å². The highest BCUT2D eigenvalue weighted by Crippen LogP contribution is 2.57. The highest BCUT2D eigenvalue weighted by molar-refractivity contribution is 5.89. The molecule has 45 heavy (non-hydrogen) atoms. The number of piperazine rings is 1. The van der Waals surface area contributed by atoms with E-state index in [0.29, 0.717) is 34.6 Å². The van der Waals surface area contributed by atoms with Crippen molar-refractivity contribution in [3.63, 3.8) is 0 Å². The maximum absolute atomic E-state index is 13.0. The lowest BCUT2D eigenvalue weighted by molar-refractivity contribution is -0.174. The van der Waals surface area contributed by atoms with Crippen molar-refractivity contribution in [1.29, 1.82) is 5.26 Å². The van der Waals surface area contributed by atoms with Gasteiger partial charge in [-0.2, -0.15) is 18.4 Å². The number of carbonyl (C=O) groups excluding carboxylic acids is 2. The molecule has 4 heterocycles. The lowest BCUT2D eigenvalue weighted by Crippen LogP contribution is -2.69. The van der Waals surface area contributed by atoms with Gasteiger partial charge in [0.1, 0.15) is 23.6 Å². The number of fused-ring (bicyclic) bond motifs is 9. The summed E-state index contributed by atoms with van der Waals surface area (Å²) < 4.78 is 50.1. The molecule has 4 aliphatic rings. The number of aromatic hydroxyl groups is 2. The summed E-state index contributed by atoms with van der Waals surface area (Å²) in [5.41, 5.74) is 4.89. The van der Waals surface area contributed by atoms with Crippen molar-refractivity contribution in [3.8, 4) is 29.1 Å². The number of rotatable bonds is 4. The van der Waals surface area contributed by atoms with Crippen LogP contribution in [0, 0.1) is 32.1 Å². The number of phenolic OH excluding ortho intramolecular Hbond substituents is 2. The zero-order chi connectivity index (χ0) is 32.7. The number of halogens is 3. The number of benzene rings is 2. The number of likely N-dealkylation sites (N-methyl/N-ethyl adjacent to an activating group) is 1. The molecule has 0 aliphatic carbocycles. The minimum atomic E-state index is -5.16. The number of alkyl halides is 3. The number of nitrogens with zero attached hydrogens (tertiary/aromatic N) is 3. The van der Waals surface area contributed by atoms with Gasteiger partial charge in [-0.25, -0.2) is 0 Å². The van der Waals surface area contributed by atoms with Gasteiger partial charge >= 0.3 is 12.1 Å². The largest absolute Gasteiger partial charge is 0.507 e. The van der Waals surface area contributed by atoms with E-state index in [1.807, 2.05) is 31.9 Å². The number of nitrogens with one attached hydrogen (secondary N) is 2. The molecule has 2 aromatic carbocycles. The van der Waals surface area contributed by atoms with Crippen molar-refractivity contribution in [3.05, 3.63) is 45.0 Å². The van der Waals surface area contributed by atoms with Gasteiger partial charge in [0.25, 0.3) is 0 Å². The number of hydrogen-bond acceptors (Lipinski definition) is 9. The molecule has 4 N–H and O–H groups in total. The smallest absolute Gasteiger partial charge is 0.471 e. The number of carbonyl (C=O) groups is 2. The summed E-state index contributed by atoms with van der Waals surface area (Å²) >= 11 is 0. The minimum Gasteiger partial charge on any atom is -0.507 e. The van der Waals surface area contributed by atoms with Crippen LogP contribution in [0.4, 0.5) is 13.2 Å². The predicted octanol–water partition coefficient (Wildman–Crippen LogP) is 2.71. The first-order valence-electron chi connectivity index (χ1n) is 14.7. The van der Waals surface area contributed by atoms with Crippen LogP contribution in [0.15, 0.2) is 6.07 Å². The Kier molecular flexibility index (Phi) is 7.32. The first-order chi connectivity index (χ1) is 21.2. The van der Waals surface area contributed by atoms with Crippen molar-refractivity contribution in [2.75, 3.05) is 20.4 Å². The van der Waals surface area contributed by atoms with Crippen molar-refractivity contribution in [2.45, 2.75) is 83.0 Å². The molecular formula is C31H34F3N5O6. The molecule has 4 aliphatic heterocycles. The number of phenols is 2. The summed E-state index contributed by atoms with van der Waals surface area (Å²) in [7, 11) is 1.91. The molecule has 1 fully saturated rings. The molecule has 1 unspecified atom stereocenters. The Morgan fingerprint density at radius 1 is 1.09 bits per heavy atom. The average Bonchev–Trinajstić information content (AvgIpc) is 3.47. The zero-order valence-electron chi connectivity index (χ0n) is 25.4. The van der Waals surface area contributed by atoms with Crippen LogP contribution >= 0.6 is 0 Å². The third kappa shape index (κ3) is 4.63. The summed E-state index contributed by atoms with van der Waals surface area (Å²) in [5, 5.41) is 37.9. The molecular weight excluding hydrogens is 595 g/mol. The summed E-state index contributed by atoms with van der Waals surface area (Å²) in [6.07, 6.45) is -4.41. The second-order valence-electron chi connectivity index (χ2n) is 12.3. The molecule has 11 nitrogen and oxygen atoms in total. The Bertz CT molecular complexity index is 1660. The maximum atomic E-state index is 13.0. The highest BCUT2D eigenvalue weighted by Gasteiger charge is 2.56. The number of ether oxygens (including phenoxy) is 2. The Morgan fingerprint density at radius 2 is 1.78 bits per heavy atom. The number of nitriles is 1. The second kappa shape index (κ2) is 10.7. The van der Waals surface area contributed by atoms with Gasteiger partial charge in [0.05, 0.1) is 18.2 Å². The Balaban J connectivity index is 1.47. The molecule has 2 bridgehead atoms. The van der Waals surface area contributed by atoms with Crippen LogP contribution in [0.5, 0.6) is 23.0 Å². The van der Waals surface area contributed by atoms with E-state index in [-0.39, 0.29) is 37.3 Å². The van der Waals surface area contributed by atoms with Crippen LogP contribution in [-0.4, -0.2) is 82.6 Å². The van der Waals surface area contributed by atoms with Gasteiger partial charge in [0, 0.05) is 40.9 Å². The summed E-state index contributed by atoms with van der Waals surface area (Å²) in [4.78, 5) is 28.6. The van der Waals surface area contributed by atoms with E-state index < -0.39 is 48.2 Å². The predicted molar refractivity (Wildman–Crippen MR) is 153 cm³/mol. The number of hydrogen-bond donors (Lipinski definition) is 4. The molecule has 0 spiro atoms. The third-order valence-electron chi connectivity index (χ3n) is 9.93. The molecule has 6 atom stereocenters. The topological polar surface area (TPSA) is 147 Å². The molecule has 14 heteroatoms. The average molecular weight is 630 g/mol. The minimum absolute atomic E-state index is 0.0188. The fourth-order valence-corrected chi connectivity index (χ4v) is 7.60. The van der Waals surface area contributed by atoms with E-state index in [1.165, 1.54) is 0 Å². The van der Waals surface area contributed by atoms with Gasteiger partial charge in [0.2, 0.25) is 12.7 Å². The van der Waals surface area contributed by atoms with Gasteiger partial charge in [-0.15, -0.1) is 0 Å². The van der Waals surface area contributed by atoms with Crippen molar-refractivity contribution < 1.29 is 42.4 Å². The second-order valence-corrected chi connectivity index (χ2v) is 12.3. The van der Waals surface area contributed by atoms with Gasteiger partial charge in [-0.05, 0) is 64.3 Å². The van der Waals surface area contributed by atoms with E-state index >= 15 is 0 Å². The van der Waals surface area contributed by atoms with E-state index in [0.717, 1.165) is 29.2 Å². The van der Waals surface area contributed by atoms with Crippen LogP contribution in [0.2, 0.25) is 0 Å². The normalized spacial score (nSPS) is 25.8. The van der Waals surface area contributed by atoms with Crippen molar-refractivity contribution in [1.82, 2.24) is 20.4 Å². The summed E-state index contributed by atoms with van der Waals surface area (Å²) in [6, 6.07) is 0.326. The fraction of sp³-hybridized carbons (Fsp3) is 0.516. The zero-order valence-corrected chi connectivity index (χ0v) is 25.4. The summed E-state index contributed by atoms with van der Waals surface area (Å²) in [6.45, 7) is 6.33. The molecule has 1 saturated heterocycles. The first kappa shape index (κ1) is 30.8. The van der Waals surface area contributed by atoms with Crippen LogP contribution in [0.3, 0.4) is 0 Å². The number of aryl methyl sites for hydroxylation is 1. The Hall–Kier alpha value is -4.22. The fourth-order valence-electron chi connectivity index (χ4n) is 7.60. The quantitative estimate of drug-likeness (QED) is 0.401. The Labute approximate surface area is 257 Å². The summed E-state index contributed by atoms with van der Waals surface area (Å²) in [5.74, 6) is -2.24. The van der Waals surface area contributed by atoms with E-state index in [4.69, 9.17) is 9.47 Å². The third-order valence-corrected chi connectivity index (χ3v) is 9.93. The maximum Gasteiger partial charge on any atom is 0.471 e. The Morgan fingerprint density at radius 3 is 2.44 bits per heavy atom. The van der Waals surface area contributed by atoms with Gasteiger partial charge in [-0.3, -0.25) is 19.4 Å². The molecule has 0 radical (unpaired) electrons. The lowest BCUT2D eigenvalue weighted by atomic mass is 9.71. The molecule has 0 aromatic heterocycles. The van der Waals surface area contributed by atoms with E-state index in [1.54, 1.807) is 12.2 Å². The lowest BCUT2D eigenvalue weighted by Gasteiger charge is -2.60. The van der Waals surface area contributed by atoms with Gasteiger partial charge in [0.15, 0.2) is 11.5 Å². The standard InChI is InChI=1S/C31H34F3N5O6/c1-12-6-16-7-18-20(9-35)39-19(24(38(18)5)22(16)26(41)13(12)2)8-17-23(28-27(44-11-45-28)14(3)25(17)40)21(39)10-36-29(42)15(4)37-30(43)31(32,33)34/h6,15,18-21,24,40-41H,7-8,10-11H2,1-5H3,(H,36,42)(H,37,43)/t15-,18+,19?,20+,21+,24+/m1/s1.